The topological polar surface area (TPSA) is 95.6 Å². The minimum atomic E-state index is -0.550. The fourth-order valence-electron chi connectivity index (χ4n) is 3.97. The molecular weight excluding hydrogens is 460 g/mol. The molecule has 2 atom stereocenters. The molecule has 0 fully saturated rings. The number of carbonyl (C=O) groups excluding carboxylic acids is 1. The molecule has 2 heterocycles. The molecule has 0 aliphatic carbocycles. The van der Waals surface area contributed by atoms with Crippen LogP contribution in [0.2, 0.25) is 0 Å². The van der Waals surface area contributed by atoms with Crippen LogP contribution in [0.1, 0.15) is 62.0 Å². The van der Waals surface area contributed by atoms with Crippen molar-refractivity contribution >= 4 is 11.7 Å². The zero-order chi connectivity index (χ0) is 26.4. The van der Waals surface area contributed by atoms with Gasteiger partial charge in [-0.3, -0.25) is 4.79 Å². The number of hydrogen-bond donors (Lipinski definition) is 2. The zero-order valence-corrected chi connectivity index (χ0v) is 21.6. The van der Waals surface area contributed by atoms with E-state index in [9.17, 15) is 4.79 Å². The number of nitrogens with zero attached hydrogens (tertiary/aromatic N) is 4. The summed E-state index contributed by atoms with van der Waals surface area (Å²) in [5, 5.41) is 15.4. The first-order valence-corrected chi connectivity index (χ1v) is 12.3. The van der Waals surface area contributed by atoms with Gasteiger partial charge in [0.05, 0.1) is 35.5 Å². The fourth-order valence-corrected chi connectivity index (χ4v) is 3.97. The molecule has 2 aromatic heterocycles. The number of amides is 1. The highest BCUT2D eigenvalue weighted by atomic mass is 16.2. The van der Waals surface area contributed by atoms with Crippen molar-refractivity contribution in [2.45, 2.75) is 45.1 Å². The largest absolute Gasteiger partial charge is 0.309 e. The summed E-state index contributed by atoms with van der Waals surface area (Å²) < 4.78 is 1.93. The summed E-state index contributed by atoms with van der Waals surface area (Å²) in [6.07, 6.45) is 5.50. The predicted molar refractivity (Wildman–Crippen MR) is 145 cm³/mol. The van der Waals surface area contributed by atoms with E-state index in [2.05, 4.69) is 54.4 Å². The number of aromatic nitrogens is 3. The number of carbonyl (C=O) groups is 1. The van der Waals surface area contributed by atoms with E-state index >= 15 is 0 Å². The molecule has 0 radical (unpaired) electrons. The number of benzene rings is 2. The Labute approximate surface area is 218 Å². The van der Waals surface area contributed by atoms with E-state index in [0.29, 0.717) is 17.9 Å². The van der Waals surface area contributed by atoms with Crippen LogP contribution in [0.5, 0.6) is 0 Å². The average molecular weight is 493 g/mol. The monoisotopic (exact) mass is 492 g/mol. The van der Waals surface area contributed by atoms with Gasteiger partial charge in [-0.25, -0.2) is 9.97 Å². The summed E-state index contributed by atoms with van der Waals surface area (Å²) >= 11 is 0. The molecule has 4 rings (SSSR count). The van der Waals surface area contributed by atoms with Crippen LogP contribution in [0.25, 0.3) is 5.69 Å². The molecule has 37 heavy (non-hydrogen) atoms. The number of pyridine rings is 1. The maximum Gasteiger partial charge on any atom is 0.247 e. The molecule has 0 bridgehead atoms. The Kier molecular flexibility index (Phi) is 7.80. The molecule has 0 saturated heterocycles. The van der Waals surface area contributed by atoms with Crippen molar-refractivity contribution in [1.82, 2.24) is 19.9 Å². The highest BCUT2D eigenvalue weighted by Gasteiger charge is 2.22. The van der Waals surface area contributed by atoms with Gasteiger partial charge in [0.2, 0.25) is 5.91 Å². The molecule has 2 N–H and O–H groups in total. The molecule has 0 aliphatic heterocycles. The van der Waals surface area contributed by atoms with Gasteiger partial charge >= 0.3 is 0 Å². The van der Waals surface area contributed by atoms with Gasteiger partial charge in [0.25, 0.3) is 0 Å². The Morgan fingerprint density at radius 3 is 2.32 bits per heavy atom. The van der Waals surface area contributed by atoms with E-state index in [4.69, 9.17) is 5.26 Å². The first kappa shape index (κ1) is 25.8. The smallest absolute Gasteiger partial charge is 0.247 e. The summed E-state index contributed by atoms with van der Waals surface area (Å²) in [4.78, 5) is 22.3. The average Bonchev–Trinajstić information content (AvgIpc) is 3.41. The van der Waals surface area contributed by atoms with E-state index in [1.54, 1.807) is 18.6 Å². The van der Waals surface area contributed by atoms with Crippen molar-refractivity contribution in [3.8, 4) is 11.8 Å². The number of rotatable bonds is 8. The third kappa shape index (κ3) is 6.49. The van der Waals surface area contributed by atoms with Crippen LogP contribution < -0.4 is 10.6 Å². The van der Waals surface area contributed by atoms with Crippen LogP contribution in [0.15, 0.2) is 85.5 Å². The highest BCUT2D eigenvalue weighted by Crippen LogP contribution is 2.22. The van der Waals surface area contributed by atoms with Crippen molar-refractivity contribution in [3.05, 3.63) is 108 Å². The lowest BCUT2D eigenvalue weighted by Crippen LogP contribution is -2.35. The quantitative estimate of drug-likeness (QED) is 0.338. The summed E-state index contributed by atoms with van der Waals surface area (Å²) in [6, 6.07) is 22.5. The van der Waals surface area contributed by atoms with Crippen LogP contribution in [0, 0.1) is 11.3 Å². The molecule has 1 amide bonds. The number of hydrogen-bond acceptors (Lipinski definition) is 5. The van der Waals surface area contributed by atoms with E-state index in [0.717, 1.165) is 22.5 Å². The normalized spacial score (nSPS) is 12.9. The molecule has 1 unspecified atom stereocenters. The van der Waals surface area contributed by atoms with Gasteiger partial charge in [-0.2, -0.15) is 5.26 Å². The van der Waals surface area contributed by atoms with Crippen molar-refractivity contribution in [2.24, 2.45) is 0 Å². The first-order chi connectivity index (χ1) is 17.7. The minimum absolute atomic E-state index is 0.0381. The zero-order valence-electron chi connectivity index (χ0n) is 21.6. The molecular formula is C30H32N6O. The SMILES string of the molecule is C[C@H](CNC(C(=O)Nc1ccc(-n2cnc(C(C)(C)C)c2)cn1)c1ccccc1)c1ccc(C#N)cc1. The summed E-state index contributed by atoms with van der Waals surface area (Å²) in [7, 11) is 0. The molecule has 7 nitrogen and oxygen atoms in total. The standard InChI is InChI=1S/C30H32N6O/c1-21(23-12-10-22(16-31)11-13-23)17-33-28(24-8-6-5-7-9-24)29(37)35-27-15-14-25(18-32-27)36-19-26(34-20-36)30(2,3)4/h5-15,18-21,28,33H,17H2,1-4H3,(H,32,35,37)/t21-,28?/m1/s1. The van der Waals surface area contributed by atoms with Crippen LogP contribution >= 0.6 is 0 Å². The Bertz CT molecular complexity index is 1360. The lowest BCUT2D eigenvalue weighted by molar-refractivity contribution is -0.118. The Hall–Kier alpha value is -4.28. The Morgan fingerprint density at radius 1 is 1.00 bits per heavy atom. The highest BCUT2D eigenvalue weighted by molar-refractivity contribution is 5.94. The second-order valence-corrected chi connectivity index (χ2v) is 10.2. The third-order valence-corrected chi connectivity index (χ3v) is 6.28. The summed E-state index contributed by atoms with van der Waals surface area (Å²) in [6.45, 7) is 9.05. The molecule has 0 aliphatic rings. The van der Waals surface area contributed by atoms with Crippen LogP contribution in [-0.4, -0.2) is 27.0 Å². The Balaban J connectivity index is 1.45. The maximum absolute atomic E-state index is 13.3. The van der Waals surface area contributed by atoms with E-state index in [1.807, 2.05) is 71.4 Å². The first-order valence-electron chi connectivity index (χ1n) is 12.3. The molecule has 4 aromatic rings. The second kappa shape index (κ2) is 11.2. The summed E-state index contributed by atoms with van der Waals surface area (Å²) in [5.74, 6) is 0.446. The van der Waals surface area contributed by atoms with Gasteiger partial charge in [0.15, 0.2) is 0 Å². The van der Waals surface area contributed by atoms with Crippen LogP contribution in [0.4, 0.5) is 5.82 Å². The number of nitriles is 1. The fraction of sp³-hybridized carbons (Fsp3) is 0.267. The lowest BCUT2D eigenvalue weighted by atomic mass is 9.93. The summed E-state index contributed by atoms with van der Waals surface area (Å²) in [5.41, 5.74) is 4.43. The van der Waals surface area contributed by atoms with Crippen LogP contribution in [-0.2, 0) is 10.2 Å². The van der Waals surface area contributed by atoms with Crippen molar-refractivity contribution < 1.29 is 4.79 Å². The molecule has 0 saturated carbocycles. The van der Waals surface area contributed by atoms with Gasteiger partial charge in [-0.05, 0) is 41.3 Å². The molecule has 0 spiro atoms. The van der Waals surface area contributed by atoms with E-state index in [-0.39, 0.29) is 17.2 Å². The maximum atomic E-state index is 13.3. The molecule has 188 valence electrons. The van der Waals surface area contributed by atoms with Gasteiger partial charge in [-0.1, -0.05) is 70.2 Å². The van der Waals surface area contributed by atoms with E-state index in [1.165, 1.54) is 0 Å². The lowest BCUT2D eigenvalue weighted by Gasteiger charge is -2.21. The van der Waals surface area contributed by atoms with Gasteiger partial charge in [-0.15, -0.1) is 0 Å². The molecule has 2 aromatic carbocycles. The third-order valence-electron chi connectivity index (χ3n) is 6.28. The van der Waals surface area contributed by atoms with E-state index < -0.39 is 6.04 Å². The van der Waals surface area contributed by atoms with Gasteiger partial charge in [0.1, 0.15) is 11.9 Å². The van der Waals surface area contributed by atoms with Crippen molar-refractivity contribution in [2.75, 3.05) is 11.9 Å². The number of imidazole rings is 1. The minimum Gasteiger partial charge on any atom is -0.309 e. The van der Waals surface area contributed by atoms with Gasteiger partial charge in [0, 0.05) is 18.2 Å². The van der Waals surface area contributed by atoms with Crippen molar-refractivity contribution in [3.63, 3.8) is 0 Å². The number of anilines is 1. The molecule has 7 heteroatoms. The van der Waals surface area contributed by atoms with Crippen molar-refractivity contribution in [1.29, 1.82) is 5.26 Å². The van der Waals surface area contributed by atoms with Crippen LogP contribution in [0.3, 0.4) is 0 Å². The number of nitrogens with one attached hydrogen (secondary N) is 2. The van der Waals surface area contributed by atoms with Gasteiger partial charge < -0.3 is 15.2 Å². The Morgan fingerprint density at radius 2 is 1.73 bits per heavy atom. The predicted octanol–water partition coefficient (Wildman–Crippen LogP) is 5.51. The second-order valence-electron chi connectivity index (χ2n) is 10.2.